The first-order valence-electron chi connectivity index (χ1n) is 13.7. The van der Waals surface area contributed by atoms with Gasteiger partial charge in [-0.1, -0.05) is 66.9 Å². The van der Waals surface area contributed by atoms with Gasteiger partial charge >= 0.3 is 0 Å². The third-order valence-corrected chi connectivity index (χ3v) is 9.21. The molecule has 0 saturated heterocycles. The zero-order chi connectivity index (χ0) is 31.0. The average Bonchev–Trinajstić information content (AvgIpc) is 2.96. The van der Waals surface area contributed by atoms with E-state index in [1.807, 2.05) is 27.7 Å². The minimum atomic E-state index is -4.27. The number of carbonyl (C=O) groups excluding carboxylic acids is 2. The predicted octanol–water partition coefficient (Wildman–Crippen LogP) is 6.23. The highest BCUT2D eigenvalue weighted by Crippen LogP contribution is 2.35. The van der Waals surface area contributed by atoms with E-state index in [4.69, 9.17) is 27.9 Å². The first-order valence-corrected chi connectivity index (χ1v) is 15.9. The van der Waals surface area contributed by atoms with Crippen LogP contribution in [0.2, 0.25) is 10.0 Å². The first-order chi connectivity index (χ1) is 19.9. The summed E-state index contributed by atoms with van der Waals surface area (Å²) in [5.74, 6) is -0.676. The normalized spacial score (nSPS) is 12.7. The number of amides is 2. The van der Waals surface area contributed by atoms with Gasteiger partial charge in [0.1, 0.15) is 18.3 Å². The molecule has 0 fully saturated rings. The molecule has 0 unspecified atom stereocenters. The Bertz CT molecular complexity index is 1480. The summed E-state index contributed by atoms with van der Waals surface area (Å²) in [6.07, 6.45) is 1.03. The number of benzene rings is 3. The molecular formula is C31H37Cl2N3O5S. The van der Waals surface area contributed by atoms with Crippen LogP contribution in [0.1, 0.15) is 44.7 Å². The Morgan fingerprint density at radius 2 is 1.55 bits per heavy atom. The van der Waals surface area contributed by atoms with Crippen LogP contribution >= 0.6 is 23.2 Å². The Kier molecular flexibility index (Phi) is 11.7. The van der Waals surface area contributed by atoms with Gasteiger partial charge in [0.05, 0.1) is 17.7 Å². The lowest BCUT2D eigenvalue weighted by Crippen LogP contribution is -2.53. The van der Waals surface area contributed by atoms with Crippen molar-refractivity contribution in [2.24, 2.45) is 0 Å². The number of nitrogens with one attached hydrogen (secondary N) is 1. The van der Waals surface area contributed by atoms with Crippen LogP contribution in [0.15, 0.2) is 71.6 Å². The van der Waals surface area contributed by atoms with Gasteiger partial charge in [0.15, 0.2) is 0 Å². The summed E-state index contributed by atoms with van der Waals surface area (Å²) in [7, 11) is -2.87. The Labute approximate surface area is 258 Å². The van der Waals surface area contributed by atoms with Crippen molar-refractivity contribution in [2.45, 2.75) is 64.1 Å². The van der Waals surface area contributed by atoms with Crippen LogP contribution in [-0.4, -0.2) is 50.9 Å². The molecule has 0 radical (unpaired) electrons. The van der Waals surface area contributed by atoms with Gasteiger partial charge in [-0.25, -0.2) is 8.42 Å². The fraction of sp³-hybridized carbons (Fsp3) is 0.355. The van der Waals surface area contributed by atoms with Crippen molar-refractivity contribution in [1.29, 1.82) is 0 Å². The summed E-state index contributed by atoms with van der Waals surface area (Å²) in [6.45, 7) is 6.96. The number of ether oxygens (including phenoxy) is 1. The lowest BCUT2D eigenvalue weighted by Gasteiger charge is -2.34. The molecule has 1 N–H and O–H groups in total. The van der Waals surface area contributed by atoms with Gasteiger partial charge in [-0.15, -0.1) is 0 Å². The van der Waals surface area contributed by atoms with E-state index in [1.165, 1.54) is 30.2 Å². The number of hydrogen-bond donors (Lipinski definition) is 1. The number of hydrogen-bond acceptors (Lipinski definition) is 5. The maximum Gasteiger partial charge on any atom is 0.264 e. The molecule has 0 bridgehead atoms. The number of halogens is 2. The van der Waals surface area contributed by atoms with Crippen molar-refractivity contribution in [3.63, 3.8) is 0 Å². The van der Waals surface area contributed by atoms with Gasteiger partial charge < -0.3 is 15.0 Å². The molecular weight excluding hydrogens is 597 g/mol. The maximum absolute atomic E-state index is 14.2. The fourth-order valence-corrected chi connectivity index (χ4v) is 6.06. The van der Waals surface area contributed by atoms with Crippen molar-refractivity contribution < 1.29 is 22.7 Å². The molecule has 0 spiro atoms. The molecule has 0 aliphatic carbocycles. The minimum Gasteiger partial charge on any atom is -0.495 e. The van der Waals surface area contributed by atoms with Crippen molar-refractivity contribution in [2.75, 3.05) is 18.0 Å². The van der Waals surface area contributed by atoms with Crippen molar-refractivity contribution >= 4 is 50.7 Å². The third-order valence-electron chi connectivity index (χ3n) is 6.95. The fourth-order valence-electron chi connectivity index (χ4n) is 4.36. The largest absolute Gasteiger partial charge is 0.495 e. The second-order valence-corrected chi connectivity index (χ2v) is 12.8. The molecule has 0 heterocycles. The van der Waals surface area contributed by atoms with Crippen molar-refractivity contribution in [3.05, 3.63) is 87.9 Å². The molecule has 0 aromatic heterocycles. The van der Waals surface area contributed by atoms with E-state index in [1.54, 1.807) is 48.5 Å². The molecule has 3 aromatic carbocycles. The number of carbonyl (C=O) groups is 2. The Morgan fingerprint density at radius 3 is 2.12 bits per heavy atom. The van der Waals surface area contributed by atoms with Gasteiger partial charge in [0.25, 0.3) is 10.0 Å². The molecule has 3 aromatic rings. The lowest BCUT2D eigenvalue weighted by atomic mass is 10.1. The standard InChI is InChI=1S/C31H37Cl2N3O5S/c1-6-22(4)34-31(38)27(7-2)35(19-23-10-12-24(32)13-11-23)30(37)20-36(28-18-25(33)14-17-29(28)41-5)42(39,40)26-15-8-21(3)9-16-26/h8-18,22,27H,6-7,19-20H2,1-5H3,(H,34,38)/t22-,27+/m1/s1. The van der Waals surface area contributed by atoms with E-state index >= 15 is 0 Å². The summed E-state index contributed by atoms with van der Waals surface area (Å²) in [6, 6.07) is 16.9. The van der Waals surface area contributed by atoms with Crippen LogP contribution < -0.4 is 14.4 Å². The molecule has 3 rings (SSSR count). The molecule has 226 valence electrons. The van der Waals surface area contributed by atoms with E-state index in [2.05, 4.69) is 5.32 Å². The highest BCUT2D eigenvalue weighted by molar-refractivity contribution is 7.92. The van der Waals surface area contributed by atoms with Crippen molar-refractivity contribution in [3.8, 4) is 5.75 Å². The quantitative estimate of drug-likeness (QED) is 0.241. The minimum absolute atomic E-state index is 0.00580. The highest BCUT2D eigenvalue weighted by atomic mass is 35.5. The SMILES string of the molecule is CC[C@@H](C)NC(=O)[C@H](CC)N(Cc1ccc(Cl)cc1)C(=O)CN(c1cc(Cl)ccc1OC)S(=O)(=O)c1ccc(C)cc1. The number of nitrogens with zero attached hydrogens (tertiary/aromatic N) is 2. The van der Waals surface area contributed by atoms with Gasteiger partial charge in [-0.3, -0.25) is 13.9 Å². The summed E-state index contributed by atoms with van der Waals surface area (Å²) in [5, 5.41) is 3.75. The molecule has 2 atom stereocenters. The van der Waals surface area contributed by atoms with Gasteiger partial charge in [0.2, 0.25) is 11.8 Å². The zero-order valence-corrected chi connectivity index (χ0v) is 26.8. The number of methoxy groups -OCH3 is 1. The second-order valence-electron chi connectivity index (χ2n) is 10.0. The number of rotatable bonds is 13. The molecule has 11 heteroatoms. The Hall–Kier alpha value is -3.27. The summed E-state index contributed by atoms with van der Waals surface area (Å²) < 4.78 is 34.7. The average molecular weight is 635 g/mol. The topological polar surface area (TPSA) is 96.0 Å². The van der Waals surface area contributed by atoms with E-state index in [-0.39, 0.29) is 39.8 Å². The van der Waals surface area contributed by atoms with E-state index in [0.717, 1.165) is 15.4 Å². The van der Waals surface area contributed by atoms with Gasteiger partial charge in [0, 0.05) is 22.6 Å². The highest BCUT2D eigenvalue weighted by Gasteiger charge is 2.35. The van der Waals surface area contributed by atoms with E-state index < -0.39 is 28.5 Å². The van der Waals surface area contributed by atoms with Crippen LogP contribution in [-0.2, 0) is 26.2 Å². The molecule has 8 nitrogen and oxygen atoms in total. The Morgan fingerprint density at radius 1 is 0.929 bits per heavy atom. The van der Waals surface area contributed by atoms with Gasteiger partial charge in [-0.05, 0) is 74.7 Å². The Balaban J connectivity index is 2.12. The third kappa shape index (κ3) is 8.18. The second kappa shape index (κ2) is 14.8. The number of anilines is 1. The van der Waals surface area contributed by atoms with Crippen LogP contribution in [0.25, 0.3) is 0 Å². The molecule has 2 amide bonds. The van der Waals surface area contributed by atoms with Crippen LogP contribution in [0.4, 0.5) is 5.69 Å². The molecule has 0 saturated carbocycles. The van der Waals surface area contributed by atoms with E-state index in [0.29, 0.717) is 17.9 Å². The monoisotopic (exact) mass is 633 g/mol. The molecule has 0 aliphatic heterocycles. The first kappa shape index (κ1) is 33.2. The predicted molar refractivity (Wildman–Crippen MR) is 168 cm³/mol. The van der Waals surface area contributed by atoms with Crippen LogP contribution in [0.5, 0.6) is 5.75 Å². The van der Waals surface area contributed by atoms with Crippen LogP contribution in [0.3, 0.4) is 0 Å². The van der Waals surface area contributed by atoms with Gasteiger partial charge in [-0.2, -0.15) is 0 Å². The van der Waals surface area contributed by atoms with E-state index in [9.17, 15) is 18.0 Å². The molecule has 0 aliphatic rings. The summed E-state index contributed by atoms with van der Waals surface area (Å²) >= 11 is 12.4. The zero-order valence-electron chi connectivity index (χ0n) is 24.4. The lowest BCUT2D eigenvalue weighted by molar-refractivity contribution is -0.140. The summed E-state index contributed by atoms with van der Waals surface area (Å²) in [4.78, 5) is 29.0. The molecule has 42 heavy (non-hydrogen) atoms. The summed E-state index contributed by atoms with van der Waals surface area (Å²) in [5.41, 5.74) is 1.71. The number of aryl methyl sites for hydroxylation is 1. The van der Waals surface area contributed by atoms with Crippen molar-refractivity contribution in [1.82, 2.24) is 10.2 Å². The smallest absolute Gasteiger partial charge is 0.264 e. The maximum atomic E-state index is 14.2. The van der Waals surface area contributed by atoms with Crippen LogP contribution in [0, 0.1) is 6.92 Å². The number of sulfonamides is 1.